The molecule has 0 fully saturated rings. The Bertz CT molecular complexity index is 1000. The molecule has 0 aliphatic carbocycles. The van der Waals surface area contributed by atoms with E-state index in [9.17, 15) is 4.79 Å². The van der Waals surface area contributed by atoms with Gasteiger partial charge in [-0.15, -0.1) is 0 Å². The third kappa shape index (κ3) is 3.32. The molecule has 3 aromatic rings. The molecule has 132 valence electrons. The molecule has 1 aromatic heterocycles. The Morgan fingerprint density at radius 3 is 2.85 bits per heavy atom. The minimum absolute atomic E-state index is 0.0834. The molecule has 0 spiro atoms. The first kappa shape index (κ1) is 16.7. The van der Waals surface area contributed by atoms with E-state index in [1.165, 1.54) is 11.8 Å². The Morgan fingerprint density at radius 2 is 1.96 bits per heavy atom. The lowest BCUT2D eigenvalue weighted by Gasteiger charge is -2.09. The largest absolute Gasteiger partial charge is 0.454 e. The van der Waals surface area contributed by atoms with Gasteiger partial charge >= 0.3 is 0 Å². The van der Waals surface area contributed by atoms with E-state index < -0.39 is 0 Å². The van der Waals surface area contributed by atoms with Crippen molar-refractivity contribution >= 4 is 34.3 Å². The lowest BCUT2D eigenvalue weighted by atomic mass is 10.1. The predicted octanol–water partition coefficient (Wildman–Crippen LogP) is 4.31. The summed E-state index contributed by atoms with van der Waals surface area (Å²) in [6.45, 7) is 4.28. The van der Waals surface area contributed by atoms with Gasteiger partial charge in [-0.3, -0.25) is 4.79 Å². The van der Waals surface area contributed by atoms with Crippen LogP contribution >= 0.6 is 11.8 Å². The van der Waals surface area contributed by atoms with Gasteiger partial charge in [-0.2, -0.15) is 0 Å². The van der Waals surface area contributed by atoms with Crippen LogP contribution in [0.5, 0.6) is 11.5 Å². The zero-order valence-corrected chi connectivity index (χ0v) is 15.4. The Balaban J connectivity index is 1.45. The number of hydrogen-bond donors (Lipinski definition) is 1. The number of carbonyl (C=O) groups excluding carboxylic acids is 1. The summed E-state index contributed by atoms with van der Waals surface area (Å²) in [4.78, 5) is 17.0. The molecule has 2 heterocycles. The smallest absolute Gasteiger partial charge is 0.234 e. The van der Waals surface area contributed by atoms with Gasteiger partial charge in [0.05, 0.1) is 11.3 Å². The number of para-hydroxylation sites is 1. The molecule has 0 saturated carbocycles. The summed E-state index contributed by atoms with van der Waals surface area (Å²) in [5.41, 5.74) is 3.88. The van der Waals surface area contributed by atoms with Crippen LogP contribution in [0.2, 0.25) is 0 Å². The maximum Gasteiger partial charge on any atom is 0.234 e. The normalized spacial score (nSPS) is 12.4. The highest BCUT2D eigenvalue weighted by atomic mass is 32.2. The standard InChI is InChI=1S/C20H18N2O3S/c1-12-4-3-5-14-8-13(2)20(22-19(12)14)26-10-18(23)21-15-6-7-16-17(9-15)25-11-24-16/h3-9H,10-11H2,1-2H3,(H,21,23). The van der Waals surface area contributed by atoms with E-state index in [2.05, 4.69) is 17.4 Å². The minimum Gasteiger partial charge on any atom is -0.454 e. The number of nitrogens with one attached hydrogen (secondary N) is 1. The van der Waals surface area contributed by atoms with Crippen molar-refractivity contribution in [3.05, 3.63) is 53.6 Å². The molecule has 6 heteroatoms. The highest BCUT2D eigenvalue weighted by Crippen LogP contribution is 2.34. The number of anilines is 1. The fourth-order valence-corrected chi connectivity index (χ4v) is 3.67. The first-order valence-corrected chi connectivity index (χ1v) is 9.28. The summed E-state index contributed by atoms with van der Waals surface area (Å²) in [5.74, 6) is 1.56. The summed E-state index contributed by atoms with van der Waals surface area (Å²) in [5, 5.41) is 4.89. The molecular weight excluding hydrogens is 348 g/mol. The number of ether oxygens (including phenoxy) is 2. The van der Waals surface area contributed by atoms with E-state index in [1.54, 1.807) is 18.2 Å². The predicted molar refractivity (Wildman–Crippen MR) is 103 cm³/mol. The van der Waals surface area contributed by atoms with Crippen molar-refractivity contribution < 1.29 is 14.3 Å². The second kappa shape index (κ2) is 6.88. The van der Waals surface area contributed by atoms with Crippen LogP contribution in [0.15, 0.2) is 47.5 Å². The number of nitrogens with zero attached hydrogens (tertiary/aromatic N) is 1. The van der Waals surface area contributed by atoms with Gasteiger partial charge in [-0.05, 0) is 43.2 Å². The molecule has 0 saturated heterocycles. The van der Waals surface area contributed by atoms with E-state index >= 15 is 0 Å². The van der Waals surface area contributed by atoms with Crippen molar-refractivity contribution in [2.75, 3.05) is 17.9 Å². The SMILES string of the molecule is Cc1cc2cccc(C)c2nc1SCC(=O)Nc1ccc2c(c1)OCO2. The van der Waals surface area contributed by atoms with Crippen molar-refractivity contribution in [1.29, 1.82) is 0 Å². The van der Waals surface area contributed by atoms with Gasteiger partial charge in [0.2, 0.25) is 12.7 Å². The van der Waals surface area contributed by atoms with E-state index in [-0.39, 0.29) is 12.7 Å². The Hall–Kier alpha value is -2.73. The summed E-state index contributed by atoms with van der Waals surface area (Å²) in [6, 6.07) is 13.6. The number of aryl methyl sites for hydroxylation is 2. The van der Waals surface area contributed by atoms with Crippen LogP contribution in [-0.4, -0.2) is 23.4 Å². The number of benzene rings is 2. The van der Waals surface area contributed by atoms with Crippen LogP contribution in [-0.2, 0) is 4.79 Å². The zero-order chi connectivity index (χ0) is 18.1. The quantitative estimate of drug-likeness (QED) is 0.697. The average Bonchev–Trinajstić information content (AvgIpc) is 3.08. The molecule has 1 aliphatic rings. The van der Waals surface area contributed by atoms with Crippen LogP contribution in [0.4, 0.5) is 5.69 Å². The lowest BCUT2D eigenvalue weighted by Crippen LogP contribution is -2.14. The van der Waals surface area contributed by atoms with Crippen molar-refractivity contribution in [2.24, 2.45) is 0 Å². The van der Waals surface area contributed by atoms with Gasteiger partial charge < -0.3 is 14.8 Å². The van der Waals surface area contributed by atoms with Gasteiger partial charge in [0.1, 0.15) is 5.03 Å². The Kier molecular flexibility index (Phi) is 4.42. The van der Waals surface area contributed by atoms with E-state index in [0.717, 1.165) is 27.1 Å². The van der Waals surface area contributed by atoms with Gasteiger partial charge in [0.15, 0.2) is 11.5 Å². The van der Waals surface area contributed by atoms with E-state index in [4.69, 9.17) is 14.5 Å². The molecular formula is C20H18N2O3S. The van der Waals surface area contributed by atoms with Gasteiger partial charge in [-0.25, -0.2) is 4.98 Å². The molecule has 5 nitrogen and oxygen atoms in total. The van der Waals surface area contributed by atoms with Crippen molar-refractivity contribution in [3.63, 3.8) is 0 Å². The first-order chi connectivity index (χ1) is 12.6. The summed E-state index contributed by atoms with van der Waals surface area (Å²) >= 11 is 1.44. The Labute approximate surface area is 155 Å². The third-order valence-electron chi connectivity index (χ3n) is 4.19. The minimum atomic E-state index is -0.0834. The van der Waals surface area contributed by atoms with Crippen molar-refractivity contribution in [1.82, 2.24) is 4.98 Å². The number of fused-ring (bicyclic) bond motifs is 2. The maximum atomic E-state index is 12.3. The van der Waals surface area contributed by atoms with Crippen LogP contribution in [0, 0.1) is 13.8 Å². The van der Waals surface area contributed by atoms with Crippen LogP contribution in [0.25, 0.3) is 10.9 Å². The van der Waals surface area contributed by atoms with Gasteiger partial charge in [0.25, 0.3) is 0 Å². The fourth-order valence-electron chi connectivity index (χ4n) is 2.89. The molecule has 26 heavy (non-hydrogen) atoms. The molecule has 1 N–H and O–H groups in total. The number of aromatic nitrogens is 1. The number of hydrogen-bond acceptors (Lipinski definition) is 5. The average molecular weight is 366 g/mol. The molecule has 1 amide bonds. The number of rotatable bonds is 4. The maximum absolute atomic E-state index is 12.3. The summed E-state index contributed by atoms with van der Waals surface area (Å²) in [7, 11) is 0. The van der Waals surface area contributed by atoms with Gasteiger partial charge in [0, 0.05) is 17.1 Å². The highest BCUT2D eigenvalue weighted by molar-refractivity contribution is 8.00. The van der Waals surface area contributed by atoms with Crippen molar-refractivity contribution in [2.45, 2.75) is 18.9 Å². The molecule has 1 aliphatic heterocycles. The number of thioether (sulfide) groups is 1. The molecule has 2 aromatic carbocycles. The highest BCUT2D eigenvalue weighted by Gasteiger charge is 2.14. The third-order valence-corrected chi connectivity index (χ3v) is 5.28. The van der Waals surface area contributed by atoms with Crippen LogP contribution in [0.3, 0.4) is 0 Å². The second-order valence-electron chi connectivity index (χ2n) is 6.16. The topological polar surface area (TPSA) is 60.5 Å². The van der Waals surface area contributed by atoms with E-state index in [0.29, 0.717) is 22.9 Å². The Morgan fingerprint density at radius 1 is 1.12 bits per heavy atom. The molecule has 4 rings (SSSR count). The number of pyridine rings is 1. The summed E-state index contributed by atoms with van der Waals surface area (Å²) in [6.07, 6.45) is 0. The zero-order valence-electron chi connectivity index (χ0n) is 14.5. The molecule has 0 unspecified atom stereocenters. The lowest BCUT2D eigenvalue weighted by molar-refractivity contribution is -0.113. The first-order valence-electron chi connectivity index (χ1n) is 8.29. The fraction of sp³-hybridized carbons (Fsp3) is 0.200. The molecule has 0 atom stereocenters. The summed E-state index contributed by atoms with van der Waals surface area (Å²) < 4.78 is 10.6. The molecule has 0 radical (unpaired) electrons. The second-order valence-corrected chi connectivity index (χ2v) is 7.13. The van der Waals surface area contributed by atoms with Crippen molar-refractivity contribution in [3.8, 4) is 11.5 Å². The number of carbonyl (C=O) groups is 1. The number of amides is 1. The monoisotopic (exact) mass is 366 g/mol. The van der Waals surface area contributed by atoms with Crippen LogP contribution in [0.1, 0.15) is 11.1 Å². The molecule has 0 bridgehead atoms. The van der Waals surface area contributed by atoms with Crippen LogP contribution < -0.4 is 14.8 Å². The van der Waals surface area contributed by atoms with Gasteiger partial charge in [-0.1, -0.05) is 30.0 Å². The van der Waals surface area contributed by atoms with E-state index in [1.807, 2.05) is 26.0 Å².